The fourth-order valence-electron chi connectivity index (χ4n) is 3.24. The lowest BCUT2D eigenvalue weighted by Crippen LogP contribution is -2.39. The van der Waals surface area contributed by atoms with Gasteiger partial charge in [0.25, 0.3) is 0 Å². The third-order valence-electron chi connectivity index (χ3n) is 4.70. The lowest BCUT2D eigenvalue weighted by Gasteiger charge is -2.34. The van der Waals surface area contributed by atoms with Gasteiger partial charge in [0.2, 0.25) is 0 Å². The van der Waals surface area contributed by atoms with E-state index >= 15 is 0 Å². The SMILES string of the molecule is CCC1CCC(CN)C(S(=O)(=O)c2ccc(OC)cc2)C1. The molecule has 3 atom stereocenters. The summed E-state index contributed by atoms with van der Waals surface area (Å²) in [6.07, 6.45) is 3.76. The van der Waals surface area contributed by atoms with E-state index in [-0.39, 0.29) is 11.2 Å². The predicted molar refractivity (Wildman–Crippen MR) is 84.1 cm³/mol. The van der Waals surface area contributed by atoms with Gasteiger partial charge < -0.3 is 10.5 Å². The Balaban J connectivity index is 2.30. The average Bonchev–Trinajstić information content (AvgIpc) is 2.54. The zero-order valence-electron chi connectivity index (χ0n) is 12.8. The van der Waals surface area contributed by atoms with Gasteiger partial charge in [0.15, 0.2) is 9.84 Å². The van der Waals surface area contributed by atoms with Gasteiger partial charge in [-0.1, -0.05) is 19.8 Å². The molecule has 2 N–H and O–H groups in total. The Labute approximate surface area is 127 Å². The molecule has 0 amide bonds. The summed E-state index contributed by atoms with van der Waals surface area (Å²) in [6, 6.07) is 6.67. The molecule has 4 nitrogen and oxygen atoms in total. The van der Waals surface area contributed by atoms with Crippen LogP contribution in [-0.4, -0.2) is 27.3 Å². The molecule has 1 saturated carbocycles. The van der Waals surface area contributed by atoms with E-state index in [9.17, 15) is 8.42 Å². The molecule has 0 aliphatic heterocycles. The van der Waals surface area contributed by atoms with Crippen LogP contribution >= 0.6 is 0 Å². The summed E-state index contributed by atoms with van der Waals surface area (Å²) in [5.74, 6) is 1.23. The van der Waals surface area contributed by atoms with Gasteiger partial charge in [-0.05, 0) is 55.5 Å². The van der Waals surface area contributed by atoms with Gasteiger partial charge in [-0.2, -0.15) is 0 Å². The van der Waals surface area contributed by atoms with Crippen molar-refractivity contribution in [2.75, 3.05) is 13.7 Å². The molecule has 0 heterocycles. The van der Waals surface area contributed by atoms with Gasteiger partial charge >= 0.3 is 0 Å². The van der Waals surface area contributed by atoms with Gasteiger partial charge in [-0.3, -0.25) is 0 Å². The minimum atomic E-state index is -3.33. The van der Waals surface area contributed by atoms with E-state index in [1.807, 2.05) is 0 Å². The average molecular weight is 311 g/mol. The first-order chi connectivity index (χ1) is 10.0. The molecule has 5 heteroatoms. The molecule has 0 aromatic heterocycles. The lowest BCUT2D eigenvalue weighted by atomic mass is 9.80. The van der Waals surface area contributed by atoms with E-state index < -0.39 is 9.84 Å². The second-order valence-corrected chi connectivity index (χ2v) is 8.01. The van der Waals surface area contributed by atoms with E-state index in [4.69, 9.17) is 10.5 Å². The van der Waals surface area contributed by atoms with Crippen LogP contribution in [0.3, 0.4) is 0 Å². The number of sulfone groups is 1. The highest BCUT2D eigenvalue weighted by Gasteiger charge is 2.38. The summed E-state index contributed by atoms with van der Waals surface area (Å²) < 4.78 is 30.9. The summed E-state index contributed by atoms with van der Waals surface area (Å²) in [4.78, 5) is 0.378. The summed E-state index contributed by atoms with van der Waals surface area (Å²) in [5, 5.41) is -0.352. The lowest BCUT2D eigenvalue weighted by molar-refractivity contribution is 0.275. The van der Waals surface area contributed by atoms with Crippen molar-refractivity contribution in [1.29, 1.82) is 0 Å². The molecule has 1 aromatic rings. The molecule has 21 heavy (non-hydrogen) atoms. The minimum absolute atomic E-state index is 0.0694. The number of hydrogen-bond acceptors (Lipinski definition) is 4. The van der Waals surface area contributed by atoms with Crippen LogP contribution in [0.1, 0.15) is 32.6 Å². The van der Waals surface area contributed by atoms with Crippen LogP contribution in [0.15, 0.2) is 29.2 Å². The molecular weight excluding hydrogens is 286 g/mol. The van der Waals surface area contributed by atoms with Gasteiger partial charge in [0.05, 0.1) is 17.3 Å². The summed E-state index contributed by atoms with van der Waals surface area (Å²) >= 11 is 0. The zero-order valence-corrected chi connectivity index (χ0v) is 13.6. The molecule has 0 spiro atoms. The normalized spacial score (nSPS) is 26.5. The Kier molecular flexibility index (Phi) is 5.27. The maximum atomic E-state index is 12.9. The Hall–Kier alpha value is -1.07. The molecule has 2 rings (SSSR count). The third kappa shape index (κ3) is 3.40. The highest BCUT2D eigenvalue weighted by molar-refractivity contribution is 7.92. The standard InChI is InChI=1S/C16H25NO3S/c1-3-12-4-5-13(11-17)16(10-12)21(18,19)15-8-6-14(20-2)7-9-15/h6-9,12-13,16H,3-5,10-11,17H2,1-2H3. The molecule has 0 radical (unpaired) electrons. The van der Waals surface area contributed by atoms with Crippen LogP contribution < -0.4 is 10.5 Å². The summed E-state index contributed by atoms with van der Waals surface area (Å²) in [7, 11) is -1.76. The Morgan fingerprint density at radius 2 is 1.90 bits per heavy atom. The van der Waals surface area contributed by atoms with E-state index in [0.29, 0.717) is 23.1 Å². The van der Waals surface area contributed by atoms with Gasteiger partial charge in [-0.15, -0.1) is 0 Å². The molecular formula is C16H25NO3S. The molecule has 1 aliphatic rings. The Morgan fingerprint density at radius 1 is 1.24 bits per heavy atom. The minimum Gasteiger partial charge on any atom is -0.497 e. The second-order valence-electron chi connectivity index (χ2n) is 5.84. The first-order valence-corrected chi connectivity index (χ1v) is 9.15. The number of nitrogens with two attached hydrogens (primary N) is 1. The van der Waals surface area contributed by atoms with Crippen LogP contribution in [0, 0.1) is 11.8 Å². The van der Waals surface area contributed by atoms with E-state index in [0.717, 1.165) is 25.7 Å². The predicted octanol–water partition coefficient (Wildman–Crippen LogP) is 2.62. The van der Waals surface area contributed by atoms with Crippen molar-refractivity contribution < 1.29 is 13.2 Å². The van der Waals surface area contributed by atoms with Crippen LogP contribution in [-0.2, 0) is 9.84 Å². The van der Waals surface area contributed by atoms with Crippen molar-refractivity contribution >= 4 is 9.84 Å². The highest BCUT2D eigenvalue weighted by atomic mass is 32.2. The van der Waals surface area contributed by atoms with Crippen LogP contribution in [0.2, 0.25) is 0 Å². The van der Waals surface area contributed by atoms with Crippen LogP contribution in [0.25, 0.3) is 0 Å². The van der Waals surface area contributed by atoms with E-state index in [2.05, 4.69) is 6.92 Å². The number of hydrogen-bond donors (Lipinski definition) is 1. The first kappa shape index (κ1) is 16.3. The number of methoxy groups -OCH3 is 1. The highest BCUT2D eigenvalue weighted by Crippen LogP contribution is 2.37. The van der Waals surface area contributed by atoms with Crippen molar-refractivity contribution in [3.8, 4) is 5.75 Å². The fraction of sp³-hybridized carbons (Fsp3) is 0.625. The molecule has 1 aromatic carbocycles. The largest absolute Gasteiger partial charge is 0.497 e. The van der Waals surface area contributed by atoms with Crippen molar-refractivity contribution in [1.82, 2.24) is 0 Å². The van der Waals surface area contributed by atoms with Crippen molar-refractivity contribution in [2.24, 2.45) is 17.6 Å². The molecule has 118 valence electrons. The van der Waals surface area contributed by atoms with E-state index in [1.54, 1.807) is 31.4 Å². The number of benzene rings is 1. The van der Waals surface area contributed by atoms with Crippen molar-refractivity contribution in [3.05, 3.63) is 24.3 Å². The summed E-state index contributed by atoms with van der Waals surface area (Å²) in [5.41, 5.74) is 5.82. The number of ether oxygens (including phenoxy) is 1. The van der Waals surface area contributed by atoms with Crippen molar-refractivity contribution in [3.63, 3.8) is 0 Å². The molecule has 0 bridgehead atoms. The maximum absolute atomic E-state index is 12.9. The Bertz CT molecular complexity index is 553. The van der Waals surface area contributed by atoms with Gasteiger partial charge in [-0.25, -0.2) is 8.42 Å². The van der Waals surface area contributed by atoms with E-state index in [1.165, 1.54) is 0 Å². The molecule has 1 fully saturated rings. The van der Waals surface area contributed by atoms with Gasteiger partial charge in [0, 0.05) is 0 Å². The van der Waals surface area contributed by atoms with Crippen LogP contribution in [0.4, 0.5) is 0 Å². The fourth-order valence-corrected chi connectivity index (χ4v) is 5.38. The van der Waals surface area contributed by atoms with Gasteiger partial charge in [0.1, 0.15) is 5.75 Å². The smallest absolute Gasteiger partial charge is 0.181 e. The van der Waals surface area contributed by atoms with Crippen LogP contribution in [0.5, 0.6) is 5.75 Å². The monoisotopic (exact) mass is 311 g/mol. The quantitative estimate of drug-likeness (QED) is 0.907. The Morgan fingerprint density at radius 3 is 2.43 bits per heavy atom. The second kappa shape index (κ2) is 6.79. The number of rotatable bonds is 5. The van der Waals surface area contributed by atoms with Crippen molar-refractivity contribution in [2.45, 2.75) is 42.8 Å². The summed E-state index contributed by atoms with van der Waals surface area (Å²) in [6.45, 7) is 2.57. The molecule has 1 aliphatic carbocycles. The topological polar surface area (TPSA) is 69.4 Å². The zero-order chi connectivity index (χ0) is 15.5. The molecule has 0 saturated heterocycles. The molecule has 3 unspecified atom stereocenters. The first-order valence-electron chi connectivity index (χ1n) is 7.61. The third-order valence-corrected chi connectivity index (χ3v) is 7.01. The maximum Gasteiger partial charge on any atom is 0.181 e.